The highest BCUT2D eigenvalue weighted by Gasteiger charge is 2.14. The van der Waals surface area contributed by atoms with Gasteiger partial charge >= 0.3 is 5.97 Å². The van der Waals surface area contributed by atoms with Crippen LogP contribution < -0.4 is 0 Å². The summed E-state index contributed by atoms with van der Waals surface area (Å²) in [4.78, 5) is 22.1. The summed E-state index contributed by atoms with van der Waals surface area (Å²) in [7, 11) is 1.09. The first kappa shape index (κ1) is 13.3. The number of aryl methyl sites for hydroxylation is 1. The number of hydrogen-bond donors (Lipinski definition) is 1. The second-order valence-electron chi connectivity index (χ2n) is 3.37. The monoisotopic (exact) mass is 254 g/mol. The lowest BCUT2D eigenvalue weighted by molar-refractivity contribution is -0.149. The summed E-state index contributed by atoms with van der Waals surface area (Å²) in [6, 6.07) is 4.97. The summed E-state index contributed by atoms with van der Waals surface area (Å²) >= 11 is 5.86. The number of benzene rings is 1. The van der Waals surface area contributed by atoms with Gasteiger partial charge in [-0.25, -0.2) is 4.79 Å². The zero-order valence-corrected chi connectivity index (χ0v) is 10.1. The van der Waals surface area contributed by atoms with Gasteiger partial charge in [0.25, 0.3) is 5.78 Å². The molecule has 0 unspecified atom stereocenters. The Kier molecular flexibility index (Phi) is 4.29. The summed E-state index contributed by atoms with van der Waals surface area (Å²) in [5.74, 6) is -2.35. The highest BCUT2D eigenvalue weighted by Crippen LogP contribution is 2.23. The first-order valence-electron chi connectivity index (χ1n) is 4.75. The van der Waals surface area contributed by atoms with Crippen LogP contribution in [0.3, 0.4) is 0 Å². The van der Waals surface area contributed by atoms with Crippen LogP contribution in [0.15, 0.2) is 24.3 Å². The Hall–Kier alpha value is -1.81. The molecule has 4 nitrogen and oxygen atoms in total. The Morgan fingerprint density at radius 1 is 1.41 bits per heavy atom. The summed E-state index contributed by atoms with van der Waals surface area (Å²) in [5, 5.41) is 9.98. The lowest BCUT2D eigenvalue weighted by atomic mass is 10.1. The van der Waals surface area contributed by atoms with E-state index in [0.717, 1.165) is 18.7 Å². The van der Waals surface area contributed by atoms with E-state index in [1.807, 2.05) is 6.92 Å². The van der Waals surface area contributed by atoms with Crippen LogP contribution in [0.1, 0.15) is 11.1 Å². The van der Waals surface area contributed by atoms with E-state index in [0.29, 0.717) is 10.6 Å². The number of carbonyl (C=O) groups is 2. The van der Waals surface area contributed by atoms with Crippen LogP contribution >= 0.6 is 11.6 Å². The second-order valence-corrected chi connectivity index (χ2v) is 3.78. The van der Waals surface area contributed by atoms with Gasteiger partial charge in [0.1, 0.15) is 5.76 Å². The van der Waals surface area contributed by atoms with Crippen LogP contribution in [0.4, 0.5) is 0 Å². The third-order valence-electron chi connectivity index (χ3n) is 2.05. The molecule has 5 heteroatoms. The predicted molar refractivity (Wildman–Crippen MR) is 63.8 cm³/mol. The molecule has 0 saturated heterocycles. The zero-order chi connectivity index (χ0) is 13.0. The van der Waals surface area contributed by atoms with Gasteiger partial charge in [-0.05, 0) is 19.1 Å². The Balaban J connectivity index is 3.07. The average molecular weight is 255 g/mol. The largest absolute Gasteiger partial charge is 0.507 e. The van der Waals surface area contributed by atoms with Crippen LogP contribution in [0.2, 0.25) is 5.02 Å². The van der Waals surface area contributed by atoms with E-state index in [4.69, 9.17) is 11.6 Å². The number of rotatable bonds is 3. The van der Waals surface area contributed by atoms with Crippen molar-refractivity contribution in [1.82, 2.24) is 0 Å². The third kappa shape index (κ3) is 3.32. The molecular formula is C12H11ClO4. The van der Waals surface area contributed by atoms with Crippen LogP contribution in [0.5, 0.6) is 0 Å². The number of halogens is 1. The van der Waals surface area contributed by atoms with Gasteiger partial charge in [0.2, 0.25) is 0 Å². The van der Waals surface area contributed by atoms with Gasteiger partial charge in [0.05, 0.1) is 12.1 Å². The maximum Gasteiger partial charge on any atom is 0.378 e. The molecule has 1 aromatic rings. The summed E-state index contributed by atoms with van der Waals surface area (Å²) in [6.07, 6.45) is 0.784. The Labute approximate surface area is 103 Å². The van der Waals surface area contributed by atoms with Gasteiger partial charge in [-0.1, -0.05) is 23.2 Å². The molecule has 0 saturated carbocycles. The first-order valence-corrected chi connectivity index (χ1v) is 5.13. The fourth-order valence-electron chi connectivity index (χ4n) is 1.20. The highest BCUT2D eigenvalue weighted by atomic mass is 35.5. The number of hydrogen-bond acceptors (Lipinski definition) is 4. The normalized spacial score (nSPS) is 11.1. The van der Waals surface area contributed by atoms with Gasteiger partial charge in [-0.15, -0.1) is 0 Å². The Morgan fingerprint density at radius 3 is 2.65 bits per heavy atom. The van der Waals surface area contributed by atoms with Gasteiger partial charge < -0.3 is 9.84 Å². The third-order valence-corrected chi connectivity index (χ3v) is 2.38. The first-order chi connectivity index (χ1) is 7.95. The zero-order valence-electron chi connectivity index (χ0n) is 9.36. The number of ether oxygens (including phenoxy) is 1. The molecule has 0 spiro atoms. The van der Waals surface area contributed by atoms with E-state index in [-0.39, 0.29) is 5.76 Å². The minimum absolute atomic E-state index is 0.294. The van der Waals surface area contributed by atoms with Crippen molar-refractivity contribution in [3.8, 4) is 0 Å². The molecule has 0 aliphatic heterocycles. The molecule has 1 aromatic carbocycles. The van der Waals surface area contributed by atoms with E-state index in [9.17, 15) is 14.7 Å². The number of carbonyl (C=O) groups excluding carboxylic acids is 2. The molecule has 0 fully saturated rings. The van der Waals surface area contributed by atoms with Crippen LogP contribution in [0, 0.1) is 6.92 Å². The van der Waals surface area contributed by atoms with Crippen molar-refractivity contribution in [2.75, 3.05) is 7.11 Å². The van der Waals surface area contributed by atoms with Crippen molar-refractivity contribution in [2.24, 2.45) is 0 Å². The predicted octanol–water partition coefficient (Wildman–Crippen LogP) is 2.29. The summed E-state index contributed by atoms with van der Waals surface area (Å²) in [5.41, 5.74) is 1.17. The molecule has 0 radical (unpaired) electrons. The lowest BCUT2D eigenvalue weighted by Crippen LogP contribution is -2.13. The van der Waals surface area contributed by atoms with Gasteiger partial charge in [-0.3, -0.25) is 4.79 Å². The Morgan fingerprint density at radius 2 is 2.06 bits per heavy atom. The highest BCUT2D eigenvalue weighted by molar-refractivity contribution is 6.39. The quantitative estimate of drug-likeness (QED) is 0.389. The topological polar surface area (TPSA) is 63.6 Å². The lowest BCUT2D eigenvalue weighted by Gasteiger charge is -2.04. The van der Waals surface area contributed by atoms with Crippen LogP contribution in [0.25, 0.3) is 5.76 Å². The van der Waals surface area contributed by atoms with E-state index in [2.05, 4.69) is 4.74 Å². The van der Waals surface area contributed by atoms with E-state index in [1.54, 1.807) is 18.2 Å². The number of aliphatic hydroxyl groups is 1. The molecule has 0 aliphatic rings. The Bertz CT molecular complexity index is 491. The smallest absolute Gasteiger partial charge is 0.378 e. The van der Waals surface area contributed by atoms with E-state index in [1.165, 1.54) is 0 Å². The molecular weight excluding hydrogens is 244 g/mol. The molecule has 0 atom stereocenters. The molecule has 0 amide bonds. The van der Waals surface area contributed by atoms with Crippen LogP contribution in [-0.2, 0) is 14.3 Å². The maximum absolute atomic E-state index is 11.2. The number of ketones is 1. The molecule has 17 heavy (non-hydrogen) atoms. The summed E-state index contributed by atoms with van der Waals surface area (Å²) in [6.45, 7) is 1.81. The van der Waals surface area contributed by atoms with Crippen molar-refractivity contribution < 1.29 is 19.4 Å². The van der Waals surface area contributed by atoms with Crippen LogP contribution in [-0.4, -0.2) is 24.0 Å². The summed E-state index contributed by atoms with van der Waals surface area (Å²) < 4.78 is 4.23. The minimum Gasteiger partial charge on any atom is -0.507 e. The maximum atomic E-state index is 11.2. The van der Waals surface area contributed by atoms with Crippen molar-refractivity contribution in [3.05, 3.63) is 40.4 Å². The van der Waals surface area contributed by atoms with Gasteiger partial charge in [0, 0.05) is 11.6 Å². The fraction of sp³-hybridized carbons (Fsp3) is 0.167. The molecule has 1 N–H and O–H groups in total. The van der Waals surface area contributed by atoms with Gasteiger partial charge in [-0.2, -0.15) is 0 Å². The van der Waals surface area contributed by atoms with Crippen molar-refractivity contribution >= 4 is 29.1 Å². The molecule has 0 heterocycles. The van der Waals surface area contributed by atoms with Crippen molar-refractivity contribution in [1.29, 1.82) is 0 Å². The molecule has 90 valence electrons. The van der Waals surface area contributed by atoms with E-state index < -0.39 is 11.8 Å². The fourth-order valence-corrected chi connectivity index (χ4v) is 1.41. The second kappa shape index (κ2) is 5.50. The minimum atomic E-state index is -1.04. The molecule has 0 aromatic heterocycles. The van der Waals surface area contributed by atoms with E-state index >= 15 is 0 Å². The van der Waals surface area contributed by atoms with Crippen molar-refractivity contribution in [2.45, 2.75) is 6.92 Å². The molecule has 0 aliphatic carbocycles. The van der Waals surface area contributed by atoms with Gasteiger partial charge in [0.15, 0.2) is 0 Å². The standard InChI is InChI=1S/C12H11ClO4/c1-7-3-4-9(13)8(5-7)10(14)6-11(15)12(16)17-2/h3-6,14H,1-2H3. The van der Waals surface area contributed by atoms with Crippen molar-refractivity contribution in [3.63, 3.8) is 0 Å². The molecule has 1 rings (SSSR count). The SMILES string of the molecule is COC(=O)C(=O)C=C(O)c1cc(C)ccc1Cl. The number of esters is 1. The number of methoxy groups -OCH3 is 1. The average Bonchev–Trinajstić information content (AvgIpc) is 2.30. The number of aliphatic hydroxyl groups excluding tert-OH is 1. The molecule has 0 bridgehead atoms.